The maximum absolute atomic E-state index is 12.2. The van der Waals surface area contributed by atoms with Crippen molar-refractivity contribution in [3.8, 4) is 5.75 Å². The van der Waals surface area contributed by atoms with Gasteiger partial charge in [0.25, 0.3) is 5.91 Å². The van der Waals surface area contributed by atoms with Crippen LogP contribution in [0.3, 0.4) is 0 Å². The molecule has 0 aromatic heterocycles. The van der Waals surface area contributed by atoms with E-state index in [-0.39, 0.29) is 5.91 Å². The number of hydrazine groups is 1. The minimum atomic E-state index is -0.486. The molecule has 0 bridgehead atoms. The second-order valence-electron chi connectivity index (χ2n) is 5.20. The van der Waals surface area contributed by atoms with Crippen molar-refractivity contribution in [1.29, 1.82) is 0 Å². The Hall–Kier alpha value is -1.79. The van der Waals surface area contributed by atoms with Gasteiger partial charge in [-0.2, -0.15) is 0 Å². The first-order valence-electron chi connectivity index (χ1n) is 7.00. The molecule has 1 saturated heterocycles. The lowest BCUT2D eigenvalue weighted by Crippen LogP contribution is -2.56. The van der Waals surface area contributed by atoms with Gasteiger partial charge in [-0.05, 0) is 24.6 Å². The van der Waals surface area contributed by atoms with Gasteiger partial charge < -0.3 is 15.4 Å². The van der Waals surface area contributed by atoms with E-state index in [1.807, 2.05) is 30.1 Å². The van der Waals surface area contributed by atoms with Crippen molar-refractivity contribution in [1.82, 2.24) is 15.8 Å². The van der Waals surface area contributed by atoms with Gasteiger partial charge in [-0.15, -0.1) is 0 Å². The summed E-state index contributed by atoms with van der Waals surface area (Å²) in [5.74, 6) is 0.646. The number of anilines is 1. The molecule has 20 heavy (non-hydrogen) atoms. The number of rotatable bonds is 2. The Balaban J connectivity index is 1.61. The van der Waals surface area contributed by atoms with Crippen LogP contribution in [0, 0.1) is 6.92 Å². The lowest BCUT2D eigenvalue weighted by Gasteiger charge is -2.31. The van der Waals surface area contributed by atoms with E-state index in [1.165, 1.54) is 5.56 Å². The molecule has 1 fully saturated rings. The maximum Gasteiger partial charge on any atom is 0.277 e. The number of nitrogens with one attached hydrogen (secondary N) is 3. The van der Waals surface area contributed by atoms with E-state index in [2.05, 4.69) is 16.1 Å². The molecule has 108 valence electrons. The van der Waals surface area contributed by atoms with E-state index in [0.717, 1.165) is 37.6 Å². The van der Waals surface area contributed by atoms with Crippen molar-refractivity contribution >= 4 is 11.6 Å². The molecule has 2 aliphatic heterocycles. The summed E-state index contributed by atoms with van der Waals surface area (Å²) in [6.07, 6.45) is -0.486. The average Bonchev–Trinajstić information content (AvgIpc) is 2.47. The number of aryl methyl sites for hydroxylation is 1. The van der Waals surface area contributed by atoms with Gasteiger partial charge in [0.2, 0.25) is 0 Å². The Labute approximate surface area is 118 Å². The van der Waals surface area contributed by atoms with Crippen molar-refractivity contribution in [2.45, 2.75) is 13.0 Å². The van der Waals surface area contributed by atoms with Crippen LogP contribution in [0.5, 0.6) is 5.75 Å². The van der Waals surface area contributed by atoms with Gasteiger partial charge >= 0.3 is 0 Å². The van der Waals surface area contributed by atoms with Gasteiger partial charge in [-0.1, -0.05) is 6.07 Å². The number of carbonyl (C=O) groups is 1. The van der Waals surface area contributed by atoms with E-state index in [9.17, 15) is 4.79 Å². The number of hydrogen-bond donors (Lipinski definition) is 3. The monoisotopic (exact) mass is 276 g/mol. The summed E-state index contributed by atoms with van der Waals surface area (Å²) >= 11 is 0. The van der Waals surface area contributed by atoms with Gasteiger partial charge in [0.15, 0.2) is 6.10 Å². The SMILES string of the molecule is Cc1ccc2c(c1)NCC(C(=O)NN1CCNCC1)O2. The third-order valence-corrected chi connectivity index (χ3v) is 3.56. The molecule has 0 saturated carbocycles. The maximum atomic E-state index is 12.2. The van der Waals surface area contributed by atoms with Crippen molar-refractivity contribution in [3.05, 3.63) is 23.8 Å². The summed E-state index contributed by atoms with van der Waals surface area (Å²) in [6, 6.07) is 5.92. The first kappa shape index (κ1) is 13.2. The topological polar surface area (TPSA) is 65.6 Å². The highest BCUT2D eigenvalue weighted by atomic mass is 16.5. The molecule has 2 heterocycles. The minimum Gasteiger partial charge on any atom is -0.476 e. The zero-order chi connectivity index (χ0) is 13.9. The minimum absolute atomic E-state index is 0.0920. The van der Waals surface area contributed by atoms with Crippen molar-refractivity contribution in [2.75, 3.05) is 38.0 Å². The molecule has 6 heteroatoms. The van der Waals surface area contributed by atoms with Crippen LogP contribution < -0.4 is 20.8 Å². The number of benzene rings is 1. The number of nitrogens with zero attached hydrogens (tertiary/aromatic N) is 1. The zero-order valence-corrected chi connectivity index (χ0v) is 11.6. The lowest BCUT2D eigenvalue weighted by molar-refractivity contribution is -0.132. The van der Waals surface area contributed by atoms with Crippen LogP contribution in [-0.4, -0.2) is 49.7 Å². The highest BCUT2D eigenvalue weighted by Gasteiger charge is 2.27. The van der Waals surface area contributed by atoms with Crippen LogP contribution in [0.2, 0.25) is 0 Å². The lowest BCUT2D eigenvalue weighted by atomic mass is 10.1. The predicted octanol–water partition coefficient (Wildman–Crippen LogP) is 0.104. The van der Waals surface area contributed by atoms with Gasteiger partial charge in [0.05, 0.1) is 12.2 Å². The molecule has 1 unspecified atom stereocenters. The van der Waals surface area contributed by atoms with Crippen molar-refractivity contribution in [3.63, 3.8) is 0 Å². The number of fused-ring (bicyclic) bond motifs is 1. The molecular formula is C14H20N4O2. The van der Waals surface area contributed by atoms with Gasteiger partial charge in [0.1, 0.15) is 5.75 Å². The third-order valence-electron chi connectivity index (χ3n) is 3.56. The summed E-state index contributed by atoms with van der Waals surface area (Å²) in [5, 5.41) is 8.44. The number of hydrogen-bond acceptors (Lipinski definition) is 5. The number of carbonyl (C=O) groups excluding carboxylic acids is 1. The summed E-state index contributed by atoms with van der Waals surface area (Å²) in [5.41, 5.74) is 5.04. The van der Waals surface area contributed by atoms with Gasteiger partial charge in [0, 0.05) is 26.2 Å². The number of ether oxygens (including phenoxy) is 1. The summed E-state index contributed by atoms with van der Waals surface area (Å²) < 4.78 is 5.77. The molecule has 0 aliphatic carbocycles. The van der Waals surface area contributed by atoms with E-state index in [1.54, 1.807) is 0 Å². The largest absolute Gasteiger partial charge is 0.476 e. The van der Waals surface area contributed by atoms with Crippen LogP contribution in [0.4, 0.5) is 5.69 Å². The molecule has 1 atom stereocenters. The Morgan fingerprint density at radius 2 is 2.20 bits per heavy atom. The van der Waals surface area contributed by atoms with E-state index < -0.39 is 6.10 Å². The van der Waals surface area contributed by atoms with Crippen LogP contribution in [0.15, 0.2) is 18.2 Å². The van der Waals surface area contributed by atoms with Crippen molar-refractivity contribution in [2.24, 2.45) is 0 Å². The quantitative estimate of drug-likeness (QED) is 0.715. The molecule has 3 N–H and O–H groups in total. The number of amides is 1. The predicted molar refractivity (Wildman–Crippen MR) is 76.7 cm³/mol. The molecule has 0 spiro atoms. The van der Waals surface area contributed by atoms with E-state index >= 15 is 0 Å². The van der Waals surface area contributed by atoms with Gasteiger partial charge in [-0.3, -0.25) is 10.2 Å². The Kier molecular flexibility index (Phi) is 3.75. The Morgan fingerprint density at radius 3 is 3.00 bits per heavy atom. The first-order valence-corrected chi connectivity index (χ1v) is 7.00. The fourth-order valence-corrected chi connectivity index (χ4v) is 2.43. The Morgan fingerprint density at radius 1 is 1.40 bits per heavy atom. The Bertz CT molecular complexity index is 500. The van der Waals surface area contributed by atoms with Crippen molar-refractivity contribution < 1.29 is 9.53 Å². The van der Waals surface area contributed by atoms with Crippen LogP contribution >= 0.6 is 0 Å². The zero-order valence-electron chi connectivity index (χ0n) is 11.6. The molecule has 1 amide bonds. The highest BCUT2D eigenvalue weighted by molar-refractivity contribution is 5.82. The standard InChI is InChI=1S/C14H20N4O2/c1-10-2-3-12-11(8-10)16-9-13(20-12)14(19)17-18-6-4-15-5-7-18/h2-3,8,13,15-16H,4-7,9H2,1H3,(H,17,19). The molecule has 3 rings (SSSR count). The van der Waals surface area contributed by atoms with Gasteiger partial charge in [-0.25, -0.2) is 5.01 Å². The summed E-state index contributed by atoms with van der Waals surface area (Å²) in [4.78, 5) is 12.2. The van der Waals surface area contributed by atoms with Crippen LogP contribution in [0.25, 0.3) is 0 Å². The first-order chi connectivity index (χ1) is 9.72. The molecule has 0 radical (unpaired) electrons. The molecule has 1 aromatic carbocycles. The third kappa shape index (κ3) is 2.86. The van der Waals surface area contributed by atoms with Crippen LogP contribution in [0.1, 0.15) is 5.56 Å². The molecule has 2 aliphatic rings. The highest BCUT2D eigenvalue weighted by Crippen LogP contribution is 2.29. The second-order valence-corrected chi connectivity index (χ2v) is 5.20. The van der Waals surface area contributed by atoms with E-state index in [4.69, 9.17) is 4.74 Å². The average molecular weight is 276 g/mol. The fraction of sp³-hybridized carbons (Fsp3) is 0.500. The molecule has 1 aromatic rings. The summed E-state index contributed by atoms with van der Waals surface area (Å²) in [6.45, 7) is 5.96. The van der Waals surface area contributed by atoms with E-state index in [0.29, 0.717) is 6.54 Å². The fourth-order valence-electron chi connectivity index (χ4n) is 2.43. The molecule has 6 nitrogen and oxygen atoms in total. The van der Waals surface area contributed by atoms with Crippen LogP contribution in [-0.2, 0) is 4.79 Å². The molecular weight excluding hydrogens is 256 g/mol. The second kappa shape index (κ2) is 5.68. The summed E-state index contributed by atoms with van der Waals surface area (Å²) in [7, 11) is 0. The normalized spacial score (nSPS) is 22.4. The number of piperazine rings is 1. The smallest absolute Gasteiger partial charge is 0.277 e.